The fourth-order valence-electron chi connectivity index (χ4n) is 2.33. The first-order valence-electron chi connectivity index (χ1n) is 5.02. The fraction of sp³-hybridized carbons (Fsp3) is 0.889. The van der Waals surface area contributed by atoms with E-state index in [1.165, 1.54) is 19.4 Å². The molecule has 0 aromatic rings. The molecule has 2 fully saturated rings. The predicted molar refractivity (Wildman–Crippen MR) is 50.6 cm³/mol. The lowest BCUT2D eigenvalue weighted by atomic mass is 10.2. The normalized spacial score (nSPS) is 28.7. The van der Waals surface area contributed by atoms with Crippen LogP contribution in [-0.4, -0.2) is 55.1 Å². The van der Waals surface area contributed by atoms with Gasteiger partial charge >= 0.3 is 6.03 Å². The highest BCUT2D eigenvalue weighted by Crippen LogP contribution is 2.21. The molecule has 0 spiro atoms. The zero-order valence-electron chi connectivity index (χ0n) is 8.12. The minimum atomic E-state index is 0.0755. The molecule has 1 N–H and O–H groups in total. The molecule has 74 valence electrons. The average molecular weight is 183 g/mol. The molecule has 1 atom stereocenters. The van der Waals surface area contributed by atoms with E-state index in [1.54, 1.807) is 7.05 Å². The first-order valence-corrected chi connectivity index (χ1v) is 5.02. The van der Waals surface area contributed by atoms with E-state index in [1.807, 2.05) is 4.90 Å². The first-order chi connectivity index (χ1) is 6.31. The molecule has 0 aliphatic carbocycles. The summed E-state index contributed by atoms with van der Waals surface area (Å²) in [5, 5.41) is 2.68. The molecule has 2 aliphatic heterocycles. The van der Waals surface area contributed by atoms with Gasteiger partial charge in [0.2, 0.25) is 0 Å². The summed E-state index contributed by atoms with van der Waals surface area (Å²) >= 11 is 0. The second-order valence-electron chi connectivity index (χ2n) is 3.83. The summed E-state index contributed by atoms with van der Waals surface area (Å²) in [6.07, 6.45) is 2.56. The van der Waals surface area contributed by atoms with E-state index < -0.39 is 0 Å². The number of amides is 2. The van der Waals surface area contributed by atoms with Crippen LogP contribution < -0.4 is 5.32 Å². The molecule has 1 unspecified atom stereocenters. The summed E-state index contributed by atoms with van der Waals surface area (Å²) in [5.41, 5.74) is 0. The molecule has 0 aromatic carbocycles. The first kappa shape index (κ1) is 8.81. The zero-order chi connectivity index (χ0) is 9.26. The number of rotatable bonds is 0. The molecule has 0 aromatic heterocycles. The smallest absolute Gasteiger partial charge is 0.317 e. The van der Waals surface area contributed by atoms with Crippen LogP contribution in [0.3, 0.4) is 0 Å². The molecule has 0 bridgehead atoms. The molecule has 13 heavy (non-hydrogen) atoms. The summed E-state index contributed by atoms with van der Waals surface area (Å²) < 4.78 is 0. The molecule has 2 rings (SSSR count). The van der Waals surface area contributed by atoms with E-state index in [2.05, 4.69) is 10.2 Å². The van der Waals surface area contributed by atoms with Crippen molar-refractivity contribution in [2.75, 3.05) is 33.2 Å². The third kappa shape index (κ3) is 1.63. The lowest BCUT2D eigenvalue weighted by Crippen LogP contribution is -2.54. The van der Waals surface area contributed by atoms with E-state index in [0.29, 0.717) is 6.04 Å². The number of piperazine rings is 1. The summed E-state index contributed by atoms with van der Waals surface area (Å²) in [5.74, 6) is 0. The van der Waals surface area contributed by atoms with Gasteiger partial charge in [0.1, 0.15) is 0 Å². The number of carbonyl (C=O) groups excluding carboxylic acids is 1. The van der Waals surface area contributed by atoms with Crippen LogP contribution in [0.2, 0.25) is 0 Å². The van der Waals surface area contributed by atoms with Crippen LogP contribution >= 0.6 is 0 Å². The van der Waals surface area contributed by atoms with Gasteiger partial charge in [-0.25, -0.2) is 4.79 Å². The van der Waals surface area contributed by atoms with Gasteiger partial charge in [0, 0.05) is 32.7 Å². The highest BCUT2D eigenvalue weighted by molar-refractivity contribution is 5.73. The van der Waals surface area contributed by atoms with Gasteiger partial charge in [-0.3, -0.25) is 4.90 Å². The van der Waals surface area contributed by atoms with Crippen molar-refractivity contribution in [3.63, 3.8) is 0 Å². The predicted octanol–water partition coefficient (Wildman–Crippen LogP) is 0.106. The molecule has 2 heterocycles. The van der Waals surface area contributed by atoms with Gasteiger partial charge < -0.3 is 10.2 Å². The quantitative estimate of drug-likeness (QED) is 0.578. The van der Waals surface area contributed by atoms with E-state index in [-0.39, 0.29) is 6.03 Å². The maximum Gasteiger partial charge on any atom is 0.317 e. The van der Waals surface area contributed by atoms with E-state index in [0.717, 1.165) is 19.6 Å². The number of nitrogens with zero attached hydrogens (tertiary/aromatic N) is 2. The molecule has 4 heteroatoms. The van der Waals surface area contributed by atoms with Crippen molar-refractivity contribution < 1.29 is 4.79 Å². The van der Waals surface area contributed by atoms with Crippen LogP contribution in [0.4, 0.5) is 4.79 Å². The lowest BCUT2D eigenvalue weighted by Gasteiger charge is -2.37. The van der Waals surface area contributed by atoms with Gasteiger partial charge in [-0.05, 0) is 19.4 Å². The largest absolute Gasteiger partial charge is 0.341 e. The van der Waals surface area contributed by atoms with Gasteiger partial charge in [-0.1, -0.05) is 0 Å². The Morgan fingerprint density at radius 2 is 2.23 bits per heavy atom. The third-order valence-electron chi connectivity index (χ3n) is 3.09. The van der Waals surface area contributed by atoms with Gasteiger partial charge in [-0.15, -0.1) is 0 Å². The second-order valence-corrected chi connectivity index (χ2v) is 3.83. The van der Waals surface area contributed by atoms with Crippen molar-refractivity contribution in [3.8, 4) is 0 Å². The minimum Gasteiger partial charge on any atom is -0.341 e. The van der Waals surface area contributed by atoms with E-state index >= 15 is 0 Å². The van der Waals surface area contributed by atoms with Crippen LogP contribution in [0, 0.1) is 0 Å². The minimum absolute atomic E-state index is 0.0755. The number of hydrogen-bond acceptors (Lipinski definition) is 2. The van der Waals surface area contributed by atoms with Crippen LogP contribution in [0.1, 0.15) is 12.8 Å². The van der Waals surface area contributed by atoms with Crippen molar-refractivity contribution in [2.24, 2.45) is 0 Å². The van der Waals surface area contributed by atoms with Crippen LogP contribution in [-0.2, 0) is 0 Å². The van der Waals surface area contributed by atoms with Crippen molar-refractivity contribution in [1.82, 2.24) is 15.1 Å². The number of nitrogens with one attached hydrogen (secondary N) is 1. The Hall–Kier alpha value is -0.770. The number of urea groups is 1. The van der Waals surface area contributed by atoms with E-state index in [9.17, 15) is 4.79 Å². The molecule has 2 amide bonds. The highest BCUT2D eigenvalue weighted by atomic mass is 16.2. The van der Waals surface area contributed by atoms with Crippen LogP contribution in [0.15, 0.2) is 0 Å². The fourth-order valence-corrected chi connectivity index (χ4v) is 2.33. The van der Waals surface area contributed by atoms with Crippen LogP contribution in [0.25, 0.3) is 0 Å². The second kappa shape index (κ2) is 3.54. The lowest BCUT2D eigenvalue weighted by molar-refractivity contribution is 0.118. The maximum atomic E-state index is 11.4. The summed E-state index contributed by atoms with van der Waals surface area (Å²) in [4.78, 5) is 15.8. The molecular formula is C9H17N3O. The van der Waals surface area contributed by atoms with Gasteiger partial charge in [0.25, 0.3) is 0 Å². The molecule has 0 saturated carbocycles. The van der Waals surface area contributed by atoms with Gasteiger partial charge in [0.15, 0.2) is 0 Å². The van der Waals surface area contributed by atoms with Crippen molar-refractivity contribution >= 4 is 6.03 Å². The number of fused-ring (bicyclic) bond motifs is 1. The zero-order valence-corrected chi connectivity index (χ0v) is 8.12. The standard InChI is InChI=1S/C9H17N3O/c1-10-9(13)12-6-5-11-4-2-3-8(11)7-12/h8H,2-7H2,1H3,(H,10,13). The summed E-state index contributed by atoms with van der Waals surface area (Å²) in [6.45, 7) is 4.08. The Morgan fingerprint density at radius 3 is 3.00 bits per heavy atom. The number of carbonyl (C=O) groups is 1. The molecule has 0 radical (unpaired) electrons. The third-order valence-corrected chi connectivity index (χ3v) is 3.09. The summed E-state index contributed by atoms with van der Waals surface area (Å²) in [6, 6.07) is 0.706. The van der Waals surface area contributed by atoms with Crippen molar-refractivity contribution in [2.45, 2.75) is 18.9 Å². The van der Waals surface area contributed by atoms with Gasteiger partial charge in [0.05, 0.1) is 0 Å². The highest BCUT2D eigenvalue weighted by Gasteiger charge is 2.31. The SMILES string of the molecule is CNC(=O)N1CCN2CCCC2C1. The topological polar surface area (TPSA) is 35.6 Å². The Balaban J connectivity index is 1.93. The van der Waals surface area contributed by atoms with Gasteiger partial charge in [-0.2, -0.15) is 0 Å². The summed E-state index contributed by atoms with van der Waals surface area (Å²) in [7, 11) is 1.70. The maximum absolute atomic E-state index is 11.4. The Morgan fingerprint density at radius 1 is 1.38 bits per heavy atom. The monoisotopic (exact) mass is 183 g/mol. The average Bonchev–Trinajstić information content (AvgIpc) is 2.63. The van der Waals surface area contributed by atoms with E-state index in [4.69, 9.17) is 0 Å². The molecule has 4 nitrogen and oxygen atoms in total. The van der Waals surface area contributed by atoms with Crippen molar-refractivity contribution in [3.05, 3.63) is 0 Å². The Kier molecular flexibility index (Phi) is 2.40. The Bertz CT molecular complexity index is 207. The van der Waals surface area contributed by atoms with Crippen molar-refractivity contribution in [1.29, 1.82) is 0 Å². The molecule has 2 aliphatic rings. The molecule has 2 saturated heterocycles. The number of hydrogen-bond donors (Lipinski definition) is 1. The Labute approximate surface area is 78.9 Å². The van der Waals surface area contributed by atoms with Crippen LogP contribution in [0.5, 0.6) is 0 Å². The molecular weight excluding hydrogens is 166 g/mol.